The predicted octanol–water partition coefficient (Wildman–Crippen LogP) is 3.07. The van der Waals surface area contributed by atoms with Crippen LogP contribution in [0.3, 0.4) is 0 Å². The van der Waals surface area contributed by atoms with Crippen LogP contribution in [-0.4, -0.2) is 36.7 Å². The summed E-state index contributed by atoms with van der Waals surface area (Å²) in [5.41, 5.74) is -0.398. The fraction of sp³-hybridized carbons (Fsp3) is 0.684. The first-order valence-corrected chi connectivity index (χ1v) is 12.2. The van der Waals surface area contributed by atoms with E-state index in [1.807, 2.05) is 13.0 Å². The highest BCUT2D eigenvalue weighted by Gasteiger charge is 2.42. The lowest BCUT2D eigenvalue weighted by atomic mass is 10.2. The largest absolute Gasteiger partial charge is 0.495 e. The Morgan fingerprint density at radius 1 is 1.37 bits per heavy atom. The van der Waals surface area contributed by atoms with Crippen molar-refractivity contribution in [1.82, 2.24) is 9.55 Å². The molecule has 0 amide bonds. The molecule has 2 heterocycles. The predicted molar refractivity (Wildman–Crippen MR) is 107 cm³/mol. The zero-order valence-corrected chi connectivity index (χ0v) is 18.4. The fourth-order valence-electron chi connectivity index (χ4n) is 2.65. The molecular weight excluding hydrogens is 364 g/mol. The van der Waals surface area contributed by atoms with Crippen molar-refractivity contribution in [2.45, 2.75) is 77.6 Å². The number of ether oxygens (including phenoxy) is 2. The Labute approximate surface area is 161 Å². The number of aryl methyl sites for hydroxylation is 1. The fourth-order valence-corrected chi connectivity index (χ4v) is 3.66. The van der Waals surface area contributed by atoms with Crippen molar-refractivity contribution in [1.29, 1.82) is 0 Å². The summed E-state index contributed by atoms with van der Waals surface area (Å²) < 4.78 is 19.7. The van der Waals surface area contributed by atoms with E-state index in [9.17, 15) is 9.59 Å². The van der Waals surface area contributed by atoms with Crippen molar-refractivity contribution < 1.29 is 13.9 Å². The molecule has 0 unspecified atom stereocenters. The van der Waals surface area contributed by atoms with Gasteiger partial charge >= 0.3 is 5.69 Å². The molecule has 1 N–H and O–H groups in total. The van der Waals surface area contributed by atoms with Crippen LogP contribution < -0.4 is 11.2 Å². The van der Waals surface area contributed by atoms with E-state index in [0.29, 0.717) is 18.6 Å². The third-order valence-electron chi connectivity index (χ3n) is 5.44. The van der Waals surface area contributed by atoms with Gasteiger partial charge in [0, 0.05) is 18.2 Å². The second kappa shape index (κ2) is 8.16. The quantitative estimate of drug-likeness (QED) is 0.590. The van der Waals surface area contributed by atoms with Crippen molar-refractivity contribution in [3.63, 3.8) is 0 Å². The van der Waals surface area contributed by atoms with Gasteiger partial charge in [-0.05, 0) is 32.0 Å². The van der Waals surface area contributed by atoms with E-state index in [-0.39, 0.29) is 22.8 Å². The summed E-state index contributed by atoms with van der Waals surface area (Å²) in [6, 6.07) is 0. The smallest absolute Gasteiger partial charge is 0.330 e. The average molecular weight is 397 g/mol. The number of aromatic nitrogens is 2. The standard InChI is InChI=1S/C19H32N2O5Si/c1-8-9-24-14-10-16(21-11-13(2)17(22)20-18(21)23)26-15(14)12-25-27(6,7)19(3,4)5/h8-9,11,14-16H,10,12H2,1-7H3,(H,20,22,23)/b9-8+/t14-,15+,16+/m0/s1. The molecule has 1 aliphatic heterocycles. The van der Waals surface area contributed by atoms with Gasteiger partial charge in [-0.1, -0.05) is 26.8 Å². The maximum absolute atomic E-state index is 12.2. The summed E-state index contributed by atoms with van der Waals surface area (Å²) in [6.45, 7) is 14.9. The lowest BCUT2D eigenvalue weighted by Crippen LogP contribution is -2.44. The van der Waals surface area contributed by atoms with Gasteiger partial charge in [-0.25, -0.2) is 4.79 Å². The number of aromatic amines is 1. The maximum atomic E-state index is 12.2. The van der Waals surface area contributed by atoms with Crippen LogP contribution in [0.5, 0.6) is 0 Å². The third-order valence-corrected chi connectivity index (χ3v) is 9.94. The summed E-state index contributed by atoms with van der Waals surface area (Å²) in [5.74, 6) is 0. The maximum Gasteiger partial charge on any atom is 0.330 e. The van der Waals surface area contributed by atoms with Crippen LogP contribution >= 0.6 is 0 Å². The molecule has 8 heteroatoms. The molecule has 0 bridgehead atoms. The van der Waals surface area contributed by atoms with Gasteiger partial charge in [0.25, 0.3) is 5.56 Å². The third kappa shape index (κ3) is 5.00. The second-order valence-corrected chi connectivity index (χ2v) is 13.4. The molecule has 2 rings (SSSR count). The van der Waals surface area contributed by atoms with Gasteiger partial charge in [-0.15, -0.1) is 0 Å². The molecule has 1 aliphatic rings. The van der Waals surface area contributed by atoms with E-state index in [2.05, 4.69) is 38.8 Å². The van der Waals surface area contributed by atoms with E-state index < -0.39 is 20.2 Å². The van der Waals surface area contributed by atoms with Crippen LogP contribution in [0, 0.1) is 6.92 Å². The molecule has 0 radical (unpaired) electrons. The molecule has 7 nitrogen and oxygen atoms in total. The van der Waals surface area contributed by atoms with Crippen molar-refractivity contribution in [3.05, 3.63) is 44.9 Å². The molecule has 27 heavy (non-hydrogen) atoms. The Bertz CT molecular complexity index is 791. The normalized spacial score (nSPS) is 23.9. The van der Waals surface area contributed by atoms with Crippen LogP contribution in [0.4, 0.5) is 0 Å². The number of H-pyrrole nitrogens is 1. The molecule has 0 aliphatic carbocycles. The molecule has 152 valence electrons. The first-order chi connectivity index (χ1) is 12.5. The molecule has 3 atom stereocenters. The lowest BCUT2D eigenvalue weighted by molar-refractivity contribution is -0.0455. The Hall–Kier alpha value is -1.64. The highest BCUT2D eigenvalue weighted by molar-refractivity contribution is 6.74. The van der Waals surface area contributed by atoms with Gasteiger partial charge in [0.1, 0.15) is 18.4 Å². The Balaban J connectivity index is 2.20. The molecule has 1 aromatic rings. The molecule has 1 saturated heterocycles. The topological polar surface area (TPSA) is 82.6 Å². The summed E-state index contributed by atoms with van der Waals surface area (Å²) in [4.78, 5) is 26.2. The number of rotatable bonds is 6. The van der Waals surface area contributed by atoms with E-state index in [1.165, 1.54) is 10.8 Å². The second-order valence-electron chi connectivity index (χ2n) is 8.56. The van der Waals surface area contributed by atoms with Gasteiger partial charge in [0.15, 0.2) is 8.32 Å². The first kappa shape index (κ1) is 21.7. The number of nitrogens with zero attached hydrogens (tertiary/aromatic N) is 1. The van der Waals surface area contributed by atoms with Crippen LogP contribution in [0.25, 0.3) is 0 Å². The molecule has 0 spiro atoms. The summed E-state index contributed by atoms with van der Waals surface area (Å²) in [6.07, 6.45) is 4.47. The number of hydrogen-bond acceptors (Lipinski definition) is 5. The molecule has 0 saturated carbocycles. The molecular formula is C19H32N2O5Si. The van der Waals surface area contributed by atoms with Crippen molar-refractivity contribution in [2.75, 3.05) is 6.61 Å². The zero-order valence-electron chi connectivity index (χ0n) is 17.4. The highest BCUT2D eigenvalue weighted by Crippen LogP contribution is 2.38. The summed E-state index contributed by atoms with van der Waals surface area (Å²) >= 11 is 0. The van der Waals surface area contributed by atoms with E-state index in [0.717, 1.165) is 0 Å². The van der Waals surface area contributed by atoms with Crippen LogP contribution in [0.15, 0.2) is 28.1 Å². The van der Waals surface area contributed by atoms with Crippen molar-refractivity contribution in [2.24, 2.45) is 0 Å². The van der Waals surface area contributed by atoms with Gasteiger partial charge in [-0.3, -0.25) is 14.3 Å². The number of allylic oxidation sites excluding steroid dienone is 1. The SMILES string of the molecule is C/C=C/O[C@H]1C[C@H](n2cc(C)c(=O)[nH]c2=O)O[C@@H]1CO[Si](C)(C)C(C)(C)C. The summed E-state index contributed by atoms with van der Waals surface area (Å²) in [7, 11) is -1.93. The van der Waals surface area contributed by atoms with Crippen LogP contribution in [-0.2, 0) is 13.9 Å². The number of hydrogen-bond donors (Lipinski definition) is 1. The average Bonchev–Trinajstić information content (AvgIpc) is 2.96. The Kier molecular flexibility index (Phi) is 6.54. The highest BCUT2D eigenvalue weighted by atomic mass is 28.4. The van der Waals surface area contributed by atoms with Crippen molar-refractivity contribution in [3.8, 4) is 0 Å². The molecule has 1 aromatic heterocycles. The van der Waals surface area contributed by atoms with Crippen molar-refractivity contribution >= 4 is 8.32 Å². The minimum absolute atomic E-state index is 0.0949. The van der Waals surface area contributed by atoms with Crippen LogP contribution in [0.2, 0.25) is 18.1 Å². The minimum Gasteiger partial charge on any atom is -0.495 e. The molecule has 1 fully saturated rings. The number of nitrogens with one attached hydrogen (secondary N) is 1. The monoisotopic (exact) mass is 396 g/mol. The van der Waals surface area contributed by atoms with E-state index >= 15 is 0 Å². The van der Waals surface area contributed by atoms with Gasteiger partial charge in [-0.2, -0.15) is 0 Å². The van der Waals surface area contributed by atoms with Gasteiger partial charge in [0.05, 0.1) is 12.9 Å². The zero-order chi connectivity index (χ0) is 20.4. The Morgan fingerprint density at radius 3 is 2.63 bits per heavy atom. The van der Waals surface area contributed by atoms with Gasteiger partial charge in [0.2, 0.25) is 0 Å². The summed E-state index contributed by atoms with van der Waals surface area (Å²) in [5, 5.41) is 0.0949. The van der Waals surface area contributed by atoms with Crippen LogP contribution in [0.1, 0.15) is 45.9 Å². The van der Waals surface area contributed by atoms with E-state index in [4.69, 9.17) is 13.9 Å². The minimum atomic E-state index is -1.93. The van der Waals surface area contributed by atoms with E-state index in [1.54, 1.807) is 13.2 Å². The lowest BCUT2D eigenvalue weighted by Gasteiger charge is -2.37. The first-order valence-electron chi connectivity index (χ1n) is 9.34. The molecule has 0 aromatic carbocycles. The Morgan fingerprint density at radius 2 is 2.04 bits per heavy atom. The van der Waals surface area contributed by atoms with Gasteiger partial charge < -0.3 is 13.9 Å².